The fourth-order valence-corrected chi connectivity index (χ4v) is 1.16. The van der Waals surface area contributed by atoms with E-state index in [1.807, 2.05) is 13.8 Å². The number of aliphatic hydroxyl groups is 1. The number of carbonyl (C=O) groups is 1. The van der Waals surface area contributed by atoms with E-state index in [9.17, 15) is 4.79 Å². The van der Waals surface area contributed by atoms with Crippen molar-refractivity contribution >= 4 is 6.09 Å². The zero-order valence-corrected chi connectivity index (χ0v) is 8.12. The van der Waals surface area contributed by atoms with E-state index in [1.165, 1.54) is 0 Å². The first kappa shape index (κ1) is 10.3. The normalized spacial score (nSPS) is 26.8. The Labute approximate surface area is 78.3 Å². The van der Waals surface area contributed by atoms with Gasteiger partial charge in [-0.05, 0) is 18.8 Å². The average molecular weight is 187 g/mol. The summed E-state index contributed by atoms with van der Waals surface area (Å²) in [6, 6.07) is 0.106. The third kappa shape index (κ3) is 3.63. The molecule has 0 aromatic heterocycles. The van der Waals surface area contributed by atoms with Crippen molar-refractivity contribution in [3.63, 3.8) is 0 Å². The molecule has 0 aromatic carbocycles. The number of nitrogens with one attached hydrogen (secondary N) is 1. The summed E-state index contributed by atoms with van der Waals surface area (Å²) in [5, 5.41) is 11.6. The zero-order valence-electron chi connectivity index (χ0n) is 8.12. The molecule has 4 heteroatoms. The van der Waals surface area contributed by atoms with Crippen LogP contribution in [0.4, 0.5) is 4.79 Å². The molecule has 1 amide bonds. The van der Waals surface area contributed by atoms with E-state index in [2.05, 4.69) is 5.32 Å². The third-order valence-electron chi connectivity index (χ3n) is 1.98. The van der Waals surface area contributed by atoms with Gasteiger partial charge in [0.05, 0.1) is 12.7 Å². The van der Waals surface area contributed by atoms with Crippen molar-refractivity contribution in [1.82, 2.24) is 5.32 Å². The lowest BCUT2D eigenvalue weighted by Crippen LogP contribution is -2.47. The molecule has 1 fully saturated rings. The Morgan fingerprint density at radius 3 is 2.69 bits per heavy atom. The Morgan fingerprint density at radius 2 is 2.23 bits per heavy atom. The van der Waals surface area contributed by atoms with Crippen LogP contribution in [0.3, 0.4) is 0 Å². The highest BCUT2D eigenvalue weighted by atomic mass is 16.5. The van der Waals surface area contributed by atoms with Gasteiger partial charge in [-0.3, -0.25) is 0 Å². The molecule has 0 atom stereocenters. The lowest BCUT2D eigenvalue weighted by Gasteiger charge is -2.31. The summed E-state index contributed by atoms with van der Waals surface area (Å²) in [4.78, 5) is 11.0. The van der Waals surface area contributed by atoms with E-state index in [-0.39, 0.29) is 18.2 Å². The van der Waals surface area contributed by atoms with Gasteiger partial charge in [0.2, 0.25) is 0 Å². The molecule has 1 aliphatic carbocycles. The van der Waals surface area contributed by atoms with Crippen LogP contribution in [-0.4, -0.2) is 30.0 Å². The van der Waals surface area contributed by atoms with Crippen molar-refractivity contribution in [3.05, 3.63) is 0 Å². The maximum atomic E-state index is 11.0. The van der Waals surface area contributed by atoms with Crippen molar-refractivity contribution in [2.45, 2.75) is 38.8 Å². The van der Waals surface area contributed by atoms with Crippen LogP contribution in [0.25, 0.3) is 0 Å². The lowest BCUT2D eigenvalue weighted by atomic mass is 9.90. The zero-order chi connectivity index (χ0) is 9.84. The van der Waals surface area contributed by atoms with Gasteiger partial charge in [-0.1, -0.05) is 13.8 Å². The molecular weight excluding hydrogens is 170 g/mol. The van der Waals surface area contributed by atoms with Gasteiger partial charge in [0.1, 0.15) is 0 Å². The number of alkyl carbamates (subject to hydrolysis) is 1. The van der Waals surface area contributed by atoms with Gasteiger partial charge in [-0.15, -0.1) is 0 Å². The highest BCUT2D eigenvalue weighted by Crippen LogP contribution is 2.19. The van der Waals surface area contributed by atoms with Crippen LogP contribution in [0.2, 0.25) is 0 Å². The lowest BCUT2D eigenvalue weighted by molar-refractivity contribution is 0.0563. The first-order valence-corrected chi connectivity index (χ1v) is 4.69. The van der Waals surface area contributed by atoms with E-state index < -0.39 is 0 Å². The first-order valence-electron chi connectivity index (χ1n) is 4.69. The Balaban J connectivity index is 2.05. The molecule has 13 heavy (non-hydrogen) atoms. The Morgan fingerprint density at radius 1 is 1.62 bits per heavy atom. The fourth-order valence-electron chi connectivity index (χ4n) is 1.16. The van der Waals surface area contributed by atoms with E-state index in [4.69, 9.17) is 9.84 Å². The molecule has 0 heterocycles. The predicted octanol–water partition coefficient (Wildman–Crippen LogP) is 0.892. The summed E-state index contributed by atoms with van der Waals surface area (Å²) in [7, 11) is 0. The largest absolute Gasteiger partial charge is 0.449 e. The van der Waals surface area contributed by atoms with E-state index >= 15 is 0 Å². The van der Waals surface area contributed by atoms with Crippen LogP contribution in [0.15, 0.2) is 0 Å². The first-order chi connectivity index (χ1) is 6.08. The molecule has 0 radical (unpaired) electrons. The van der Waals surface area contributed by atoms with E-state index in [0.29, 0.717) is 25.4 Å². The minimum Gasteiger partial charge on any atom is -0.449 e. The monoisotopic (exact) mass is 187 g/mol. The Bertz CT molecular complexity index is 176. The Hall–Kier alpha value is -0.770. The van der Waals surface area contributed by atoms with Crippen LogP contribution >= 0.6 is 0 Å². The van der Waals surface area contributed by atoms with Crippen LogP contribution < -0.4 is 5.32 Å². The SMILES string of the molecule is CC(C)COC(=O)NC1CC(O)C1. The van der Waals surface area contributed by atoms with Gasteiger partial charge in [0.15, 0.2) is 0 Å². The standard InChI is InChI=1S/C9H17NO3/c1-6(2)5-13-9(12)10-7-3-8(11)4-7/h6-8,11H,3-5H2,1-2H3,(H,10,12). The van der Waals surface area contributed by atoms with Gasteiger partial charge in [0, 0.05) is 6.04 Å². The summed E-state index contributed by atoms with van der Waals surface area (Å²) in [5.41, 5.74) is 0. The van der Waals surface area contributed by atoms with Crippen LogP contribution in [-0.2, 0) is 4.74 Å². The molecule has 0 spiro atoms. The maximum absolute atomic E-state index is 11.0. The van der Waals surface area contributed by atoms with Crippen molar-refractivity contribution in [2.75, 3.05) is 6.61 Å². The molecule has 0 unspecified atom stereocenters. The van der Waals surface area contributed by atoms with Crippen LogP contribution in [0.5, 0.6) is 0 Å². The van der Waals surface area contributed by atoms with Gasteiger partial charge >= 0.3 is 6.09 Å². The Kier molecular flexibility index (Phi) is 3.54. The second-order valence-electron chi connectivity index (χ2n) is 3.96. The van der Waals surface area contributed by atoms with E-state index in [1.54, 1.807) is 0 Å². The molecule has 1 rings (SSSR count). The maximum Gasteiger partial charge on any atom is 0.407 e. The summed E-state index contributed by atoms with van der Waals surface area (Å²) in [6.45, 7) is 4.42. The van der Waals surface area contributed by atoms with Gasteiger partial charge in [-0.2, -0.15) is 0 Å². The highest BCUT2D eigenvalue weighted by Gasteiger charge is 2.28. The number of hydrogen-bond donors (Lipinski definition) is 2. The van der Waals surface area contributed by atoms with Crippen LogP contribution in [0.1, 0.15) is 26.7 Å². The van der Waals surface area contributed by atoms with Crippen molar-refractivity contribution in [1.29, 1.82) is 0 Å². The molecule has 0 bridgehead atoms. The van der Waals surface area contributed by atoms with Gasteiger partial charge in [0.25, 0.3) is 0 Å². The summed E-state index contributed by atoms with van der Waals surface area (Å²) < 4.78 is 4.91. The minimum absolute atomic E-state index is 0.106. The number of ether oxygens (including phenoxy) is 1. The van der Waals surface area contributed by atoms with Crippen molar-refractivity contribution in [2.24, 2.45) is 5.92 Å². The third-order valence-corrected chi connectivity index (χ3v) is 1.98. The molecule has 0 saturated heterocycles. The molecule has 4 nitrogen and oxygen atoms in total. The molecule has 2 N–H and O–H groups in total. The van der Waals surface area contributed by atoms with Crippen LogP contribution in [0, 0.1) is 5.92 Å². The van der Waals surface area contributed by atoms with Crippen molar-refractivity contribution < 1.29 is 14.6 Å². The second kappa shape index (κ2) is 4.46. The predicted molar refractivity (Wildman–Crippen MR) is 48.4 cm³/mol. The molecule has 1 aliphatic rings. The smallest absolute Gasteiger partial charge is 0.407 e. The number of rotatable bonds is 3. The number of hydrogen-bond acceptors (Lipinski definition) is 3. The number of aliphatic hydroxyl groups excluding tert-OH is 1. The van der Waals surface area contributed by atoms with Gasteiger partial charge in [-0.25, -0.2) is 4.79 Å². The number of carbonyl (C=O) groups excluding carboxylic acids is 1. The average Bonchev–Trinajstić information content (AvgIpc) is 1.98. The molecule has 0 aromatic rings. The van der Waals surface area contributed by atoms with E-state index in [0.717, 1.165) is 0 Å². The molecule has 76 valence electrons. The topological polar surface area (TPSA) is 58.6 Å². The molecular formula is C9H17NO3. The highest BCUT2D eigenvalue weighted by molar-refractivity contribution is 5.67. The molecule has 0 aliphatic heterocycles. The number of amides is 1. The summed E-state index contributed by atoms with van der Waals surface area (Å²) >= 11 is 0. The summed E-state index contributed by atoms with van der Waals surface area (Å²) in [5.74, 6) is 0.359. The summed E-state index contributed by atoms with van der Waals surface area (Å²) in [6.07, 6.45) is 0.689. The van der Waals surface area contributed by atoms with Crippen molar-refractivity contribution in [3.8, 4) is 0 Å². The fraction of sp³-hybridized carbons (Fsp3) is 0.889. The second-order valence-corrected chi connectivity index (χ2v) is 3.96. The molecule has 1 saturated carbocycles. The minimum atomic E-state index is -0.370. The quantitative estimate of drug-likeness (QED) is 0.690. The van der Waals surface area contributed by atoms with Gasteiger partial charge < -0.3 is 15.2 Å².